The van der Waals surface area contributed by atoms with Crippen molar-refractivity contribution in [3.8, 4) is 0 Å². The second kappa shape index (κ2) is 12.9. The van der Waals surface area contributed by atoms with E-state index >= 15 is 0 Å². The van der Waals surface area contributed by atoms with Gasteiger partial charge >= 0.3 is 0 Å². The van der Waals surface area contributed by atoms with Crippen molar-refractivity contribution in [3.05, 3.63) is 82.9 Å². The molecule has 3 unspecified atom stereocenters. The van der Waals surface area contributed by atoms with E-state index in [1.807, 2.05) is 18.2 Å². The molecule has 2 fully saturated rings. The molecule has 2 aliphatic rings. The van der Waals surface area contributed by atoms with Crippen molar-refractivity contribution in [1.29, 1.82) is 0 Å². The van der Waals surface area contributed by atoms with Gasteiger partial charge in [0.2, 0.25) is 0 Å². The Morgan fingerprint density at radius 3 is 2.57 bits per heavy atom. The fourth-order valence-electron chi connectivity index (χ4n) is 6.30. The molecule has 6 rings (SSSR count). The highest BCUT2D eigenvalue weighted by Gasteiger charge is 2.25. The molecule has 4 N–H and O–H groups in total. The zero-order chi connectivity index (χ0) is 30.8. The zero-order valence-electron chi connectivity index (χ0n) is 24.8. The Bertz CT molecular complexity index is 1630. The molecule has 4 aromatic rings. The van der Waals surface area contributed by atoms with Crippen molar-refractivity contribution in [2.75, 3.05) is 48.5 Å². The molecule has 2 aliphatic heterocycles. The third kappa shape index (κ3) is 6.39. The Morgan fingerprint density at radius 2 is 1.82 bits per heavy atom. The summed E-state index contributed by atoms with van der Waals surface area (Å²) in [4.78, 5) is 16.1. The van der Waals surface area contributed by atoms with Crippen LogP contribution in [0.1, 0.15) is 54.1 Å². The number of aromatic nitrogens is 2. The summed E-state index contributed by atoms with van der Waals surface area (Å²) >= 11 is 0. The average Bonchev–Trinajstić information content (AvgIpc) is 3.41. The molecule has 0 radical (unpaired) electrons. The molecule has 0 saturated carbocycles. The summed E-state index contributed by atoms with van der Waals surface area (Å²) in [6.07, 6.45) is 1.67. The van der Waals surface area contributed by atoms with Gasteiger partial charge in [-0.05, 0) is 80.8 Å². The fourth-order valence-corrected chi connectivity index (χ4v) is 6.30. The summed E-state index contributed by atoms with van der Waals surface area (Å²) in [7, 11) is 0. The molecular weight excluding hydrogens is 569 g/mol. The minimum absolute atomic E-state index is 0.0712. The Balaban J connectivity index is 1.30. The second-order valence-corrected chi connectivity index (χ2v) is 11.8. The number of alkyl halides is 1. The number of carbonyl (C=O) groups is 1. The molecule has 3 heterocycles. The number of amides is 1. The van der Waals surface area contributed by atoms with Gasteiger partial charge in [-0.3, -0.25) is 14.3 Å². The minimum atomic E-state index is -1.02. The lowest BCUT2D eigenvalue weighted by Gasteiger charge is -2.38. The van der Waals surface area contributed by atoms with E-state index in [0.29, 0.717) is 47.3 Å². The molecule has 0 aliphatic carbocycles. The topological polar surface area (TPSA) is 94.3 Å². The van der Waals surface area contributed by atoms with E-state index in [1.165, 1.54) is 0 Å². The van der Waals surface area contributed by atoms with Gasteiger partial charge in [-0.2, -0.15) is 5.10 Å². The third-order valence-corrected chi connectivity index (χ3v) is 8.46. The van der Waals surface area contributed by atoms with Crippen molar-refractivity contribution < 1.29 is 22.7 Å². The lowest BCUT2D eigenvalue weighted by atomic mass is 9.91. The maximum absolute atomic E-state index is 14.5. The number of fused-ring (bicyclic) bond motifs is 1. The van der Waals surface area contributed by atoms with Gasteiger partial charge in [0, 0.05) is 72.7 Å². The maximum Gasteiger partial charge on any atom is 0.258 e. The standard InChI is InChI=1S/C33H37F3N6O2/c1-19-17-42(18-20(2)37-19)24-5-6-25(31(15-24)38-23-9-11-44-12-10-23)33(43)39-32-27-13-21(3-8-30(27)40-41-32)28(16-34)26-14-22(35)4-7-29(26)36/h3-8,13-15,19-20,23,28,37-38H,9-12,16-18H2,1-2H3,(H2,39,40,41,43). The van der Waals surface area contributed by atoms with Gasteiger partial charge in [-0.1, -0.05) is 6.07 Å². The number of ether oxygens (including phenoxy) is 1. The molecule has 3 atom stereocenters. The molecule has 232 valence electrons. The zero-order valence-corrected chi connectivity index (χ0v) is 24.8. The van der Waals surface area contributed by atoms with Gasteiger partial charge in [-0.25, -0.2) is 8.78 Å². The highest BCUT2D eigenvalue weighted by Crippen LogP contribution is 2.33. The summed E-state index contributed by atoms with van der Waals surface area (Å²) in [5.74, 6) is -2.45. The Labute approximate surface area is 254 Å². The van der Waals surface area contributed by atoms with Crippen LogP contribution in [0, 0.1) is 11.6 Å². The van der Waals surface area contributed by atoms with Gasteiger partial charge < -0.3 is 25.6 Å². The highest BCUT2D eigenvalue weighted by atomic mass is 19.1. The summed E-state index contributed by atoms with van der Waals surface area (Å²) in [6.45, 7) is 6.43. The predicted molar refractivity (Wildman–Crippen MR) is 166 cm³/mol. The highest BCUT2D eigenvalue weighted by molar-refractivity contribution is 6.11. The lowest BCUT2D eigenvalue weighted by molar-refractivity contribution is 0.0904. The number of piperazine rings is 1. The largest absolute Gasteiger partial charge is 0.381 e. The predicted octanol–water partition coefficient (Wildman–Crippen LogP) is 5.97. The van der Waals surface area contributed by atoms with Crippen LogP contribution in [-0.4, -0.2) is 67.2 Å². The molecule has 3 aromatic carbocycles. The van der Waals surface area contributed by atoms with Crippen LogP contribution in [-0.2, 0) is 4.74 Å². The first kappa shape index (κ1) is 30.0. The van der Waals surface area contributed by atoms with Crippen molar-refractivity contribution in [2.24, 2.45) is 0 Å². The second-order valence-electron chi connectivity index (χ2n) is 11.8. The van der Waals surface area contributed by atoms with E-state index in [1.54, 1.807) is 18.2 Å². The van der Waals surface area contributed by atoms with Crippen LogP contribution in [0.3, 0.4) is 0 Å². The lowest BCUT2D eigenvalue weighted by Crippen LogP contribution is -2.54. The van der Waals surface area contributed by atoms with Crippen molar-refractivity contribution >= 4 is 34.0 Å². The molecule has 1 amide bonds. The SMILES string of the molecule is CC1CN(c2ccc(C(=O)Nc3n[nH]c4ccc(C(CF)c5cc(F)ccc5F)cc34)c(NC3CCOCC3)c2)CC(C)N1. The van der Waals surface area contributed by atoms with Gasteiger partial charge in [0.05, 0.1) is 11.1 Å². The number of carbonyl (C=O) groups excluding carboxylic acids is 1. The van der Waals surface area contributed by atoms with E-state index in [9.17, 15) is 18.0 Å². The van der Waals surface area contributed by atoms with E-state index in [2.05, 4.69) is 44.9 Å². The fraction of sp³-hybridized carbons (Fsp3) is 0.394. The number of H-pyrrole nitrogens is 1. The number of halogens is 3. The van der Waals surface area contributed by atoms with Crippen LogP contribution >= 0.6 is 0 Å². The first-order valence-electron chi connectivity index (χ1n) is 15.1. The number of rotatable bonds is 8. The normalized spacial score (nSPS) is 20.1. The van der Waals surface area contributed by atoms with Crippen LogP contribution in [0.15, 0.2) is 54.6 Å². The summed E-state index contributed by atoms with van der Waals surface area (Å²) in [5, 5.41) is 17.8. The van der Waals surface area contributed by atoms with Crippen LogP contribution in [0.2, 0.25) is 0 Å². The Kier molecular flexibility index (Phi) is 8.76. The number of aromatic amines is 1. The smallest absolute Gasteiger partial charge is 0.258 e. The van der Waals surface area contributed by atoms with Crippen molar-refractivity contribution in [3.63, 3.8) is 0 Å². The average molecular weight is 607 g/mol. The molecule has 11 heteroatoms. The Hall–Kier alpha value is -4.09. The van der Waals surface area contributed by atoms with Crippen LogP contribution < -0.4 is 20.9 Å². The summed E-state index contributed by atoms with van der Waals surface area (Å²) in [6, 6.07) is 14.7. The van der Waals surface area contributed by atoms with Crippen molar-refractivity contribution in [1.82, 2.24) is 15.5 Å². The molecule has 2 saturated heterocycles. The monoisotopic (exact) mass is 606 g/mol. The number of hydrogen-bond acceptors (Lipinski definition) is 6. The van der Waals surface area contributed by atoms with E-state index in [0.717, 1.165) is 55.5 Å². The summed E-state index contributed by atoms with van der Waals surface area (Å²) < 4.78 is 48.2. The number of hydrogen-bond donors (Lipinski definition) is 4. The van der Waals surface area contributed by atoms with E-state index in [-0.39, 0.29) is 23.3 Å². The van der Waals surface area contributed by atoms with Crippen LogP contribution in [0.4, 0.5) is 30.4 Å². The van der Waals surface area contributed by atoms with Crippen LogP contribution in [0.5, 0.6) is 0 Å². The number of nitrogens with zero attached hydrogens (tertiary/aromatic N) is 2. The molecule has 1 aromatic heterocycles. The van der Waals surface area contributed by atoms with Crippen molar-refractivity contribution in [2.45, 2.75) is 50.7 Å². The Morgan fingerprint density at radius 1 is 1.05 bits per heavy atom. The maximum atomic E-state index is 14.5. The van der Waals surface area contributed by atoms with Gasteiger partial charge in [0.1, 0.15) is 18.3 Å². The first-order chi connectivity index (χ1) is 21.3. The molecule has 44 heavy (non-hydrogen) atoms. The molecule has 8 nitrogen and oxygen atoms in total. The minimum Gasteiger partial charge on any atom is -0.381 e. The number of benzene rings is 3. The first-order valence-corrected chi connectivity index (χ1v) is 15.1. The van der Waals surface area contributed by atoms with E-state index < -0.39 is 24.2 Å². The quantitative estimate of drug-likeness (QED) is 0.198. The summed E-state index contributed by atoms with van der Waals surface area (Å²) in [5.41, 5.74) is 3.20. The van der Waals surface area contributed by atoms with Gasteiger partial charge in [0.15, 0.2) is 5.82 Å². The third-order valence-electron chi connectivity index (χ3n) is 8.46. The number of nitrogens with one attached hydrogen (secondary N) is 4. The molecular formula is C33H37F3N6O2. The molecule has 0 bridgehead atoms. The van der Waals surface area contributed by atoms with Crippen LogP contribution in [0.25, 0.3) is 10.9 Å². The number of anilines is 3. The molecule has 0 spiro atoms. The van der Waals surface area contributed by atoms with Gasteiger partial charge in [0.25, 0.3) is 5.91 Å². The van der Waals surface area contributed by atoms with E-state index in [4.69, 9.17) is 4.74 Å². The van der Waals surface area contributed by atoms with Gasteiger partial charge in [-0.15, -0.1) is 0 Å².